The van der Waals surface area contributed by atoms with Crippen LogP contribution in [0.4, 0.5) is 0 Å². The zero-order chi connectivity index (χ0) is 14.3. The fourth-order valence-electron chi connectivity index (χ4n) is 1.78. The van der Waals surface area contributed by atoms with Gasteiger partial charge in [-0.05, 0) is 30.7 Å². The van der Waals surface area contributed by atoms with Crippen molar-refractivity contribution in [2.45, 2.75) is 25.6 Å². The number of carbonyl (C=O) groups is 1. The van der Waals surface area contributed by atoms with Crippen LogP contribution in [0.15, 0.2) is 24.3 Å². The molecule has 0 heterocycles. The molecule has 0 saturated carbocycles. The summed E-state index contributed by atoms with van der Waals surface area (Å²) in [6, 6.07) is 8.11. The molecule has 1 radical (unpaired) electrons. The standard InChI is InChI=1S/C14H18BN2O2/c1-11-4-6-12(7-5-11)8-13(15-10-16)9-14(18)17(2)19-3/h4-7,13H,8-9H2,1-3H3. The summed E-state index contributed by atoms with van der Waals surface area (Å²) < 4.78 is 0. The van der Waals surface area contributed by atoms with Crippen molar-refractivity contribution in [2.24, 2.45) is 0 Å². The quantitative estimate of drug-likeness (QED) is 0.578. The molecule has 1 rings (SSSR count). The lowest BCUT2D eigenvalue weighted by atomic mass is 9.62. The molecule has 0 aliphatic carbocycles. The summed E-state index contributed by atoms with van der Waals surface area (Å²) in [5.41, 5.74) is 2.31. The molecule has 0 fully saturated rings. The predicted molar refractivity (Wildman–Crippen MR) is 74.4 cm³/mol. The summed E-state index contributed by atoms with van der Waals surface area (Å²) in [7, 11) is 4.53. The molecule has 0 spiro atoms. The van der Waals surface area contributed by atoms with Gasteiger partial charge < -0.3 is 0 Å². The molecule has 1 atom stereocenters. The van der Waals surface area contributed by atoms with Gasteiger partial charge in [0.05, 0.1) is 7.11 Å². The Kier molecular flexibility index (Phi) is 6.10. The zero-order valence-electron chi connectivity index (χ0n) is 11.6. The number of nitrogens with zero attached hydrogens (tertiary/aromatic N) is 2. The first-order valence-corrected chi connectivity index (χ1v) is 6.16. The fourth-order valence-corrected chi connectivity index (χ4v) is 1.78. The SMILES string of the molecule is CON(C)C(=O)CC([B]C#N)Cc1ccc(C)cc1. The number of hydrogen-bond donors (Lipinski definition) is 0. The van der Waals surface area contributed by atoms with Gasteiger partial charge in [-0.15, -0.1) is 0 Å². The number of hydrogen-bond acceptors (Lipinski definition) is 3. The highest BCUT2D eigenvalue weighted by atomic mass is 16.7. The van der Waals surface area contributed by atoms with Crippen LogP contribution in [0.1, 0.15) is 17.5 Å². The average molecular weight is 257 g/mol. The van der Waals surface area contributed by atoms with Crippen molar-refractivity contribution in [3.63, 3.8) is 0 Å². The van der Waals surface area contributed by atoms with Crippen LogP contribution in [0, 0.1) is 18.2 Å². The molecule has 1 aromatic rings. The van der Waals surface area contributed by atoms with E-state index in [9.17, 15) is 4.79 Å². The van der Waals surface area contributed by atoms with Gasteiger partial charge in [0.25, 0.3) is 7.28 Å². The van der Waals surface area contributed by atoms with Gasteiger partial charge in [0.2, 0.25) is 5.91 Å². The van der Waals surface area contributed by atoms with E-state index in [2.05, 4.69) is 0 Å². The lowest BCUT2D eigenvalue weighted by molar-refractivity contribution is -0.168. The highest BCUT2D eigenvalue weighted by Gasteiger charge is 2.18. The van der Waals surface area contributed by atoms with Crippen LogP contribution in [-0.4, -0.2) is 32.4 Å². The van der Waals surface area contributed by atoms with Crippen LogP contribution in [0.5, 0.6) is 0 Å². The second-order valence-corrected chi connectivity index (χ2v) is 4.52. The zero-order valence-corrected chi connectivity index (χ0v) is 11.6. The molecule has 5 heteroatoms. The number of hydroxylamine groups is 2. The summed E-state index contributed by atoms with van der Waals surface area (Å²) in [5, 5.41) is 9.99. The first-order chi connectivity index (χ1) is 9.06. The molecule has 4 nitrogen and oxygen atoms in total. The summed E-state index contributed by atoms with van der Waals surface area (Å²) in [6.45, 7) is 2.03. The maximum absolute atomic E-state index is 11.8. The average Bonchev–Trinajstić information content (AvgIpc) is 2.40. The number of nitriles is 1. The lowest BCUT2D eigenvalue weighted by Crippen LogP contribution is -2.27. The predicted octanol–water partition coefficient (Wildman–Crippen LogP) is 1.92. The van der Waals surface area contributed by atoms with E-state index in [0.29, 0.717) is 6.42 Å². The van der Waals surface area contributed by atoms with E-state index < -0.39 is 0 Å². The molecular formula is C14H18BN2O2. The first kappa shape index (κ1) is 15.3. The Balaban J connectivity index is 2.65. The summed E-state index contributed by atoms with van der Waals surface area (Å²) >= 11 is 0. The highest BCUT2D eigenvalue weighted by molar-refractivity contribution is 6.47. The van der Waals surface area contributed by atoms with Gasteiger partial charge in [-0.1, -0.05) is 29.8 Å². The van der Waals surface area contributed by atoms with Crippen molar-refractivity contribution >= 4 is 13.2 Å². The molecule has 0 bridgehead atoms. The van der Waals surface area contributed by atoms with E-state index in [1.54, 1.807) is 7.05 Å². The number of benzene rings is 1. The van der Waals surface area contributed by atoms with Crippen molar-refractivity contribution < 1.29 is 9.63 Å². The molecule has 0 aliphatic rings. The van der Waals surface area contributed by atoms with Gasteiger partial charge in [-0.3, -0.25) is 9.63 Å². The maximum atomic E-state index is 11.8. The first-order valence-electron chi connectivity index (χ1n) is 6.16. The monoisotopic (exact) mass is 257 g/mol. The highest BCUT2D eigenvalue weighted by Crippen LogP contribution is 2.18. The molecule has 19 heavy (non-hydrogen) atoms. The van der Waals surface area contributed by atoms with Crippen molar-refractivity contribution in [1.82, 2.24) is 5.06 Å². The third-order valence-corrected chi connectivity index (χ3v) is 2.99. The van der Waals surface area contributed by atoms with Gasteiger partial charge in [0, 0.05) is 13.5 Å². The summed E-state index contributed by atoms with van der Waals surface area (Å²) in [6.07, 6.45) is 0.947. The lowest BCUT2D eigenvalue weighted by Gasteiger charge is -2.17. The Morgan fingerprint density at radius 3 is 2.63 bits per heavy atom. The Hall–Kier alpha value is -1.80. The molecule has 0 aromatic heterocycles. The Morgan fingerprint density at radius 2 is 2.11 bits per heavy atom. The Morgan fingerprint density at radius 1 is 1.47 bits per heavy atom. The minimum atomic E-state index is -0.133. The van der Waals surface area contributed by atoms with E-state index >= 15 is 0 Å². The van der Waals surface area contributed by atoms with Crippen LogP contribution in [0.25, 0.3) is 0 Å². The molecule has 1 aromatic carbocycles. The van der Waals surface area contributed by atoms with E-state index in [1.807, 2.05) is 37.2 Å². The summed E-state index contributed by atoms with van der Waals surface area (Å²) in [5.74, 6) is 1.79. The Labute approximate surface area is 115 Å². The second-order valence-electron chi connectivity index (χ2n) is 4.52. The van der Waals surface area contributed by atoms with Gasteiger partial charge >= 0.3 is 0 Å². The normalized spacial score (nSPS) is 11.5. The third kappa shape index (κ3) is 5.15. The third-order valence-electron chi connectivity index (χ3n) is 2.99. The molecule has 0 N–H and O–H groups in total. The van der Waals surface area contributed by atoms with E-state index in [1.165, 1.54) is 25.0 Å². The molecule has 1 amide bonds. The maximum Gasteiger partial charge on any atom is 0.258 e. The Bertz CT molecular complexity index is 454. The minimum Gasteiger partial charge on any atom is -0.275 e. The van der Waals surface area contributed by atoms with Gasteiger partial charge in [0.15, 0.2) is 0 Å². The van der Waals surface area contributed by atoms with Crippen molar-refractivity contribution in [2.75, 3.05) is 14.2 Å². The van der Waals surface area contributed by atoms with Crippen molar-refractivity contribution in [1.29, 1.82) is 5.26 Å². The van der Waals surface area contributed by atoms with E-state index in [4.69, 9.17) is 10.1 Å². The molecule has 1 unspecified atom stereocenters. The largest absolute Gasteiger partial charge is 0.275 e. The smallest absolute Gasteiger partial charge is 0.258 e. The van der Waals surface area contributed by atoms with Crippen LogP contribution in [0.2, 0.25) is 5.82 Å². The van der Waals surface area contributed by atoms with Crippen molar-refractivity contribution in [3.8, 4) is 5.97 Å². The van der Waals surface area contributed by atoms with Crippen LogP contribution in [-0.2, 0) is 16.1 Å². The van der Waals surface area contributed by atoms with Crippen molar-refractivity contribution in [3.05, 3.63) is 35.4 Å². The van der Waals surface area contributed by atoms with Gasteiger partial charge in [-0.2, -0.15) is 0 Å². The van der Waals surface area contributed by atoms with Crippen LogP contribution >= 0.6 is 0 Å². The van der Waals surface area contributed by atoms with Gasteiger partial charge in [0.1, 0.15) is 0 Å². The number of aryl methyl sites for hydroxylation is 1. The summed E-state index contributed by atoms with van der Waals surface area (Å²) in [4.78, 5) is 16.6. The molecule has 0 aliphatic heterocycles. The second kappa shape index (κ2) is 7.60. The van der Waals surface area contributed by atoms with E-state index in [-0.39, 0.29) is 18.1 Å². The number of rotatable bonds is 6. The van der Waals surface area contributed by atoms with Crippen LogP contribution in [0.3, 0.4) is 0 Å². The minimum absolute atomic E-state index is 0.0993. The molecular weight excluding hydrogens is 239 g/mol. The number of carbonyl (C=O) groups excluding carboxylic acids is 1. The van der Waals surface area contributed by atoms with E-state index in [0.717, 1.165) is 5.56 Å². The fraction of sp³-hybridized carbons (Fsp3) is 0.429. The van der Waals surface area contributed by atoms with Gasteiger partial charge in [-0.25, -0.2) is 10.3 Å². The topological polar surface area (TPSA) is 53.3 Å². The number of amides is 1. The molecule has 99 valence electrons. The molecule has 0 saturated heterocycles. The van der Waals surface area contributed by atoms with Crippen LogP contribution < -0.4 is 0 Å².